The first-order valence-electron chi connectivity index (χ1n) is 7.63. The second-order valence-corrected chi connectivity index (χ2v) is 6.39. The van der Waals surface area contributed by atoms with E-state index in [2.05, 4.69) is 41.7 Å². The fourth-order valence-electron chi connectivity index (χ4n) is 3.79. The maximum absolute atomic E-state index is 6.20. The standard InChI is InChI=1S/C19H18ClNO/c1-22-17-10-4-9-16-14-7-3-8-15(14)18(21-19(16)17)12-5-2-6-13(20)11-12/h2-7,9-11,14-15,18,21H,8H2,1H3/t14-,15-,18+/m0/s1. The van der Waals surface area contributed by atoms with E-state index < -0.39 is 0 Å². The van der Waals surface area contributed by atoms with Gasteiger partial charge in [-0.2, -0.15) is 0 Å². The largest absolute Gasteiger partial charge is 0.495 e. The average molecular weight is 312 g/mol. The molecule has 2 aromatic rings. The van der Waals surface area contributed by atoms with Gasteiger partial charge in [-0.3, -0.25) is 0 Å². The first-order valence-corrected chi connectivity index (χ1v) is 8.01. The van der Waals surface area contributed by atoms with Crippen molar-refractivity contribution in [2.75, 3.05) is 12.4 Å². The van der Waals surface area contributed by atoms with Crippen molar-refractivity contribution in [3.63, 3.8) is 0 Å². The molecule has 0 radical (unpaired) electrons. The van der Waals surface area contributed by atoms with Gasteiger partial charge >= 0.3 is 0 Å². The van der Waals surface area contributed by atoms with Crippen LogP contribution in [0.2, 0.25) is 5.02 Å². The van der Waals surface area contributed by atoms with Crippen LogP contribution in [0.5, 0.6) is 5.75 Å². The van der Waals surface area contributed by atoms with Crippen LogP contribution in [-0.2, 0) is 0 Å². The third-order valence-electron chi connectivity index (χ3n) is 4.79. The van der Waals surface area contributed by atoms with Crippen LogP contribution >= 0.6 is 11.6 Å². The molecule has 0 saturated carbocycles. The van der Waals surface area contributed by atoms with Gasteiger partial charge in [-0.05, 0) is 41.7 Å². The zero-order chi connectivity index (χ0) is 15.1. The van der Waals surface area contributed by atoms with Crippen molar-refractivity contribution in [3.05, 3.63) is 70.8 Å². The Morgan fingerprint density at radius 1 is 1.18 bits per heavy atom. The Balaban J connectivity index is 1.83. The minimum Gasteiger partial charge on any atom is -0.495 e. The molecule has 3 atom stereocenters. The van der Waals surface area contributed by atoms with Gasteiger partial charge in [-0.1, -0.05) is 48.0 Å². The van der Waals surface area contributed by atoms with E-state index in [0.717, 1.165) is 22.9 Å². The highest BCUT2D eigenvalue weighted by molar-refractivity contribution is 6.30. The van der Waals surface area contributed by atoms with Crippen molar-refractivity contribution in [3.8, 4) is 5.75 Å². The number of allylic oxidation sites excluding steroid dienone is 2. The predicted molar refractivity (Wildman–Crippen MR) is 90.8 cm³/mol. The quantitative estimate of drug-likeness (QED) is 0.772. The predicted octanol–water partition coefficient (Wildman–Crippen LogP) is 5.18. The summed E-state index contributed by atoms with van der Waals surface area (Å²) in [6, 6.07) is 14.7. The third kappa shape index (κ3) is 2.10. The normalized spacial score (nSPS) is 25.3. The number of fused-ring (bicyclic) bond motifs is 3. The van der Waals surface area contributed by atoms with Gasteiger partial charge in [0.2, 0.25) is 0 Å². The summed E-state index contributed by atoms with van der Waals surface area (Å²) in [5.41, 5.74) is 3.68. The minimum atomic E-state index is 0.252. The Labute approximate surface area is 135 Å². The van der Waals surface area contributed by atoms with E-state index in [1.807, 2.05) is 18.2 Å². The van der Waals surface area contributed by atoms with Crippen LogP contribution in [0.1, 0.15) is 29.5 Å². The van der Waals surface area contributed by atoms with Gasteiger partial charge in [0.25, 0.3) is 0 Å². The highest BCUT2D eigenvalue weighted by Crippen LogP contribution is 2.52. The van der Waals surface area contributed by atoms with Crippen LogP contribution in [0, 0.1) is 5.92 Å². The molecule has 0 unspecified atom stereocenters. The highest BCUT2D eigenvalue weighted by atomic mass is 35.5. The molecule has 0 bridgehead atoms. The van der Waals surface area contributed by atoms with Crippen molar-refractivity contribution in [1.82, 2.24) is 0 Å². The molecule has 0 saturated heterocycles. The molecule has 1 heterocycles. The summed E-state index contributed by atoms with van der Waals surface area (Å²) in [5, 5.41) is 4.49. The molecule has 1 aliphatic carbocycles. The van der Waals surface area contributed by atoms with E-state index in [1.54, 1.807) is 7.11 Å². The van der Waals surface area contributed by atoms with E-state index in [4.69, 9.17) is 16.3 Å². The first-order chi connectivity index (χ1) is 10.8. The average Bonchev–Trinajstić information content (AvgIpc) is 3.03. The molecule has 0 aromatic heterocycles. The van der Waals surface area contributed by atoms with Crippen molar-refractivity contribution < 1.29 is 4.74 Å². The monoisotopic (exact) mass is 311 g/mol. The van der Waals surface area contributed by atoms with Crippen molar-refractivity contribution in [1.29, 1.82) is 0 Å². The number of benzene rings is 2. The van der Waals surface area contributed by atoms with E-state index in [1.165, 1.54) is 11.1 Å². The molecule has 22 heavy (non-hydrogen) atoms. The molecule has 1 aliphatic heterocycles. The zero-order valence-corrected chi connectivity index (χ0v) is 13.2. The third-order valence-corrected chi connectivity index (χ3v) is 5.02. The maximum atomic E-state index is 6.20. The van der Waals surface area contributed by atoms with Crippen LogP contribution in [0.15, 0.2) is 54.6 Å². The fourth-order valence-corrected chi connectivity index (χ4v) is 3.99. The van der Waals surface area contributed by atoms with Gasteiger partial charge in [-0.15, -0.1) is 0 Å². The van der Waals surface area contributed by atoms with E-state index in [9.17, 15) is 0 Å². The molecule has 0 amide bonds. The lowest BCUT2D eigenvalue weighted by Crippen LogP contribution is -2.29. The van der Waals surface area contributed by atoms with E-state index >= 15 is 0 Å². The number of hydrogen-bond acceptors (Lipinski definition) is 2. The summed E-state index contributed by atoms with van der Waals surface area (Å²) in [6.07, 6.45) is 5.72. The van der Waals surface area contributed by atoms with Gasteiger partial charge < -0.3 is 10.1 Å². The Morgan fingerprint density at radius 2 is 2.05 bits per heavy atom. The molecular weight excluding hydrogens is 294 g/mol. The summed E-state index contributed by atoms with van der Waals surface area (Å²) in [6.45, 7) is 0. The van der Waals surface area contributed by atoms with Crippen LogP contribution in [0.3, 0.4) is 0 Å². The zero-order valence-electron chi connectivity index (χ0n) is 12.4. The molecule has 3 heteroatoms. The summed E-state index contributed by atoms with van der Waals surface area (Å²) < 4.78 is 5.56. The number of anilines is 1. The molecule has 112 valence electrons. The van der Waals surface area contributed by atoms with Crippen molar-refractivity contribution in [2.45, 2.75) is 18.4 Å². The first kappa shape index (κ1) is 13.7. The number of ether oxygens (including phenoxy) is 1. The summed E-state index contributed by atoms with van der Waals surface area (Å²) >= 11 is 6.20. The van der Waals surface area contributed by atoms with E-state index in [-0.39, 0.29) is 6.04 Å². The molecule has 2 nitrogen and oxygen atoms in total. The molecule has 0 fully saturated rings. The Hall–Kier alpha value is -1.93. The lowest BCUT2D eigenvalue weighted by Gasteiger charge is -2.38. The summed E-state index contributed by atoms with van der Waals surface area (Å²) in [7, 11) is 1.72. The molecule has 2 aromatic carbocycles. The van der Waals surface area contributed by atoms with Crippen molar-refractivity contribution >= 4 is 17.3 Å². The molecule has 0 spiro atoms. The van der Waals surface area contributed by atoms with Crippen LogP contribution in [0.4, 0.5) is 5.69 Å². The number of rotatable bonds is 2. The fraction of sp³-hybridized carbons (Fsp3) is 0.263. The number of para-hydroxylation sites is 1. The molecular formula is C19H18ClNO. The maximum Gasteiger partial charge on any atom is 0.142 e. The number of methoxy groups -OCH3 is 1. The van der Waals surface area contributed by atoms with Gasteiger partial charge in [0, 0.05) is 10.9 Å². The van der Waals surface area contributed by atoms with Gasteiger partial charge in [0.1, 0.15) is 5.75 Å². The lowest BCUT2D eigenvalue weighted by molar-refractivity contribution is 0.397. The molecule has 4 rings (SSSR count). The van der Waals surface area contributed by atoms with Crippen LogP contribution in [-0.4, -0.2) is 7.11 Å². The van der Waals surface area contributed by atoms with Crippen LogP contribution in [0.25, 0.3) is 0 Å². The Kier molecular flexibility index (Phi) is 3.34. The lowest BCUT2D eigenvalue weighted by atomic mass is 9.77. The second kappa shape index (κ2) is 5.36. The van der Waals surface area contributed by atoms with Crippen LogP contribution < -0.4 is 10.1 Å². The number of nitrogens with one attached hydrogen (secondary N) is 1. The summed E-state index contributed by atoms with van der Waals surface area (Å²) in [5.74, 6) is 1.87. The second-order valence-electron chi connectivity index (χ2n) is 5.96. The SMILES string of the molecule is COc1cccc2c1N[C@H](c1cccc(Cl)c1)[C@H]1CC=C[C@H]21. The number of halogens is 1. The van der Waals surface area contributed by atoms with Gasteiger partial charge in [0.15, 0.2) is 0 Å². The summed E-state index contributed by atoms with van der Waals surface area (Å²) in [4.78, 5) is 0. The Morgan fingerprint density at radius 3 is 2.86 bits per heavy atom. The topological polar surface area (TPSA) is 21.3 Å². The van der Waals surface area contributed by atoms with E-state index in [0.29, 0.717) is 11.8 Å². The molecule has 2 aliphatic rings. The Bertz CT molecular complexity index is 740. The smallest absolute Gasteiger partial charge is 0.142 e. The van der Waals surface area contributed by atoms with Gasteiger partial charge in [-0.25, -0.2) is 0 Å². The number of hydrogen-bond donors (Lipinski definition) is 1. The highest BCUT2D eigenvalue weighted by Gasteiger charge is 2.38. The van der Waals surface area contributed by atoms with Gasteiger partial charge in [0.05, 0.1) is 18.8 Å². The molecule has 1 N–H and O–H groups in total. The van der Waals surface area contributed by atoms with Crippen molar-refractivity contribution in [2.24, 2.45) is 5.92 Å². The minimum absolute atomic E-state index is 0.252.